The van der Waals surface area contributed by atoms with Crippen LogP contribution in [0.1, 0.15) is 26.4 Å². The summed E-state index contributed by atoms with van der Waals surface area (Å²) in [4.78, 5) is 24.6. The summed E-state index contributed by atoms with van der Waals surface area (Å²) in [6.07, 6.45) is 0. The maximum absolute atomic E-state index is 12.3. The summed E-state index contributed by atoms with van der Waals surface area (Å²) in [5, 5.41) is 7.47. The van der Waals surface area contributed by atoms with Crippen LogP contribution in [0.3, 0.4) is 0 Å². The predicted molar refractivity (Wildman–Crippen MR) is 108 cm³/mol. The van der Waals surface area contributed by atoms with Gasteiger partial charge < -0.3 is 4.74 Å². The maximum atomic E-state index is 12.3. The van der Waals surface area contributed by atoms with E-state index in [1.165, 1.54) is 0 Å². The van der Waals surface area contributed by atoms with Gasteiger partial charge in [0, 0.05) is 10.9 Å². The molecule has 29 heavy (non-hydrogen) atoms. The molecule has 1 aromatic heterocycles. The van der Waals surface area contributed by atoms with E-state index in [-0.39, 0.29) is 5.69 Å². The van der Waals surface area contributed by atoms with Crippen molar-refractivity contribution in [3.05, 3.63) is 95.7 Å². The second-order valence-electron chi connectivity index (χ2n) is 6.32. The molecule has 4 aromatic rings. The third-order valence-electron chi connectivity index (χ3n) is 4.34. The van der Waals surface area contributed by atoms with Crippen molar-refractivity contribution in [3.8, 4) is 5.75 Å². The zero-order valence-electron chi connectivity index (χ0n) is 15.4. The number of nitrogens with zero attached hydrogens (tertiary/aromatic N) is 1. The summed E-state index contributed by atoms with van der Waals surface area (Å²) in [6.45, 7) is 0.398. The Labute approximate surface area is 166 Å². The van der Waals surface area contributed by atoms with Gasteiger partial charge in [0.1, 0.15) is 12.4 Å². The Balaban J connectivity index is 1.33. The van der Waals surface area contributed by atoms with Crippen LogP contribution >= 0.6 is 0 Å². The Morgan fingerprint density at radius 1 is 0.828 bits per heavy atom. The standard InChI is InChI=1S/C22H18N4O3/c27-21(25-26-22(28)20-18-8-4-5-9-19(18)23-24-20)16-12-10-15(11-13-16)14-29-17-6-2-1-3-7-17/h1-13H,14H2,(H,23,24)(H,25,27)(H,26,28). The number of fused-ring (bicyclic) bond motifs is 1. The lowest BCUT2D eigenvalue weighted by Crippen LogP contribution is -2.41. The Hall–Kier alpha value is -4.13. The minimum Gasteiger partial charge on any atom is -0.489 e. The second kappa shape index (κ2) is 8.26. The van der Waals surface area contributed by atoms with Crippen molar-refractivity contribution >= 4 is 22.7 Å². The first-order valence-corrected chi connectivity index (χ1v) is 9.01. The molecule has 0 aliphatic heterocycles. The Bertz CT molecular complexity index is 1140. The fraction of sp³-hybridized carbons (Fsp3) is 0.0455. The lowest BCUT2D eigenvalue weighted by Gasteiger charge is -2.08. The van der Waals surface area contributed by atoms with E-state index in [4.69, 9.17) is 4.74 Å². The van der Waals surface area contributed by atoms with Crippen LogP contribution in [0, 0.1) is 0 Å². The largest absolute Gasteiger partial charge is 0.489 e. The Morgan fingerprint density at radius 2 is 1.52 bits per heavy atom. The van der Waals surface area contributed by atoms with Gasteiger partial charge >= 0.3 is 0 Å². The number of rotatable bonds is 5. The monoisotopic (exact) mass is 386 g/mol. The summed E-state index contributed by atoms with van der Waals surface area (Å²) in [5.41, 5.74) is 7.11. The first-order chi connectivity index (χ1) is 14.2. The van der Waals surface area contributed by atoms with Gasteiger partial charge in [-0.15, -0.1) is 0 Å². The molecule has 0 radical (unpaired) electrons. The summed E-state index contributed by atoms with van der Waals surface area (Å²) in [6, 6.07) is 23.7. The van der Waals surface area contributed by atoms with Gasteiger partial charge in [-0.25, -0.2) is 0 Å². The van der Waals surface area contributed by atoms with Crippen LogP contribution in [-0.2, 0) is 6.61 Å². The molecule has 2 amide bonds. The predicted octanol–water partition coefficient (Wildman–Crippen LogP) is 3.22. The highest BCUT2D eigenvalue weighted by Crippen LogP contribution is 2.15. The molecular weight excluding hydrogens is 368 g/mol. The summed E-state index contributed by atoms with van der Waals surface area (Å²) < 4.78 is 5.68. The van der Waals surface area contributed by atoms with E-state index in [1.807, 2.05) is 48.5 Å². The van der Waals surface area contributed by atoms with Gasteiger partial charge in [0.15, 0.2) is 5.69 Å². The number of benzene rings is 3. The molecule has 7 nitrogen and oxygen atoms in total. The molecular formula is C22H18N4O3. The zero-order valence-corrected chi connectivity index (χ0v) is 15.4. The Morgan fingerprint density at radius 3 is 2.31 bits per heavy atom. The minimum atomic E-state index is -0.497. The van der Waals surface area contributed by atoms with Crippen LogP contribution in [0.25, 0.3) is 10.9 Å². The molecule has 7 heteroatoms. The van der Waals surface area contributed by atoms with Crippen molar-refractivity contribution in [2.75, 3.05) is 0 Å². The first kappa shape index (κ1) is 18.2. The average Bonchev–Trinajstić information content (AvgIpc) is 3.21. The number of nitrogens with one attached hydrogen (secondary N) is 3. The smallest absolute Gasteiger partial charge is 0.290 e. The second-order valence-corrected chi connectivity index (χ2v) is 6.32. The van der Waals surface area contributed by atoms with E-state index in [9.17, 15) is 9.59 Å². The molecule has 0 aliphatic rings. The van der Waals surface area contributed by atoms with Gasteiger partial charge in [0.05, 0.1) is 5.52 Å². The average molecular weight is 386 g/mol. The number of aromatic amines is 1. The van der Waals surface area contributed by atoms with Crippen LogP contribution in [-0.4, -0.2) is 22.0 Å². The highest BCUT2D eigenvalue weighted by Gasteiger charge is 2.15. The molecule has 144 valence electrons. The molecule has 0 aliphatic carbocycles. The van der Waals surface area contributed by atoms with Crippen molar-refractivity contribution in [3.63, 3.8) is 0 Å². The van der Waals surface area contributed by atoms with Gasteiger partial charge in [0.25, 0.3) is 11.8 Å². The van der Waals surface area contributed by atoms with Crippen molar-refractivity contribution < 1.29 is 14.3 Å². The van der Waals surface area contributed by atoms with E-state index < -0.39 is 11.8 Å². The number of carbonyl (C=O) groups is 2. The fourth-order valence-corrected chi connectivity index (χ4v) is 2.82. The normalized spacial score (nSPS) is 10.5. The molecule has 0 bridgehead atoms. The van der Waals surface area contributed by atoms with E-state index in [0.717, 1.165) is 16.8 Å². The summed E-state index contributed by atoms with van der Waals surface area (Å²) >= 11 is 0. The third kappa shape index (κ3) is 4.24. The number of para-hydroxylation sites is 2. The number of carbonyl (C=O) groups excluding carboxylic acids is 2. The van der Waals surface area contributed by atoms with Gasteiger partial charge in [-0.1, -0.05) is 48.5 Å². The van der Waals surface area contributed by atoms with Crippen molar-refractivity contribution in [2.45, 2.75) is 6.61 Å². The topological polar surface area (TPSA) is 96.1 Å². The van der Waals surface area contributed by atoms with Crippen LogP contribution in [0.4, 0.5) is 0 Å². The Kier molecular flexibility index (Phi) is 5.20. The molecule has 0 spiro atoms. The fourth-order valence-electron chi connectivity index (χ4n) is 2.82. The van der Waals surface area contributed by atoms with Crippen LogP contribution in [0.5, 0.6) is 5.75 Å². The molecule has 1 heterocycles. The van der Waals surface area contributed by atoms with E-state index in [2.05, 4.69) is 21.0 Å². The number of amides is 2. The molecule has 0 fully saturated rings. The van der Waals surface area contributed by atoms with E-state index in [1.54, 1.807) is 30.3 Å². The van der Waals surface area contributed by atoms with Crippen LogP contribution < -0.4 is 15.6 Å². The SMILES string of the molecule is O=C(NNC(=O)c1n[nH]c2ccccc12)c1ccc(COc2ccccc2)cc1. The summed E-state index contributed by atoms with van der Waals surface area (Å²) in [7, 11) is 0. The van der Waals surface area contributed by atoms with Gasteiger partial charge in [-0.05, 0) is 35.9 Å². The molecule has 0 atom stereocenters. The number of aromatic nitrogens is 2. The van der Waals surface area contributed by atoms with Crippen molar-refractivity contribution in [1.29, 1.82) is 0 Å². The van der Waals surface area contributed by atoms with Crippen LogP contribution in [0.2, 0.25) is 0 Å². The molecule has 3 aromatic carbocycles. The highest BCUT2D eigenvalue weighted by molar-refractivity contribution is 6.05. The van der Waals surface area contributed by atoms with Gasteiger partial charge in [-0.2, -0.15) is 5.10 Å². The van der Waals surface area contributed by atoms with Gasteiger partial charge in [0.2, 0.25) is 0 Å². The maximum Gasteiger partial charge on any atom is 0.290 e. The molecule has 4 rings (SSSR count). The highest BCUT2D eigenvalue weighted by atomic mass is 16.5. The van der Waals surface area contributed by atoms with E-state index in [0.29, 0.717) is 17.6 Å². The quantitative estimate of drug-likeness (QED) is 0.459. The zero-order chi connectivity index (χ0) is 20.1. The number of ether oxygens (including phenoxy) is 1. The molecule has 3 N–H and O–H groups in total. The van der Waals surface area contributed by atoms with Crippen molar-refractivity contribution in [2.24, 2.45) is 0 Å². The lowest BCUT2D eigenvalue weighted by atomic mass is 10.1. The lowest BCUT2D eigenvalue weighted by molar-refractivity contribution is 0.0845. The molecule has 0 saturated heterocycles. The molecule has 0 saturated carbocycles. The summed E-state index contributed by atoms with van der Waals surface area (Å²) in [5.74, 6) is -0.139. The van der Waals surface area contributed by atoms with E-state index >= 15 is 0 Å². The van der Waals surface area contributed by atoms with Crippen LogP contribution in [0.15, 0.2) is 78.9 Å². The number of H-pyrrole nitrogens is 1. The molecule has 0 unspecified atom stereocenters. The number of hydrogen-bond acceptors (Lipinski definition) is 4. The number of hydrazine groups is 1. The van der Waals surface area contributed by atoms with Crippen molar-refractivity contribution in [1.82, 2.24) is 21.0 Å². The van der Waals surface area contributed by atoms with Gasteiger partial charge in [-0.3, -0.25) is 25.5 Å². The number of hydrogen-bond donors (Lipinski definition) is 3. The minimum absolute atomic E-state index is 0.217. The first-order valence-electron chi connectivity index (χ1n) is 9.01. The third-order valence-corrected chi connectivity index (χ3v) is 4.34.